The predicted molar refractivity (Wildman–Crippen MR) is 138 cm³/mol. The van der Waals surface area contributed by atoms with Gasteiger partial charge in [0, 0.05) is 39.0 Å². The normalized spacial score (nSPS) is 21.5. The number of carboxylic acid groups (broad SMARTS) is 1. The zero-order valence-electron chi connectivity index (χ0n) is 20.7. The Labute approximate surface area is 228 Å². The molecule has 11 heteroatoms. The van der Waals surface area contributed by atoms with Crippen LogP contribution in [0.15, 0.2) is 70.6 Å². The first-order chi connectivity index (χ1) is 18.9. The van der Waals surface area contributed by atoms with E-state index >= 15 is 0 Å². The number of amides is 1. The summed E-state index contributed by atoms with van der Waals surface area (Å²) < 4.78 is 66.7. The first-order valence-corrected chi connectivity index (χ1v) is 13.2. The fourth-order valence-electron chi connectivity index (χ4n) is 6.01. The van der Waals surface area contributed by atoms with Gasteiger partial charge in [0.15, 0.2) is 11.6 Å². The Balaban J connectivity index is 1.34. The molecule has 3 fully saturated rings. The molecule has 3 aliphatic rings. The molecule has 1 amide bonds. The first kappa shape index (κ1) is 26.4. The average Bonchev–Trinajstić information content (AvgIpc) is 3.26. The lowest BCUT2D eigenvalue weighted by Crippen LogP contribution is -2.68. The van der Waals surface area contributed by atoms with Crippen molar-refractivity contribution in [3.05, 3.63) is 83.6 Å². The zero-order chi connectivity index (χ0) is 28.4. The molecule has 3 aliphatic carbocycles. The number of benzene rings is 3. The van der Waals surface area contributed by atoms with Gasteiger partial charge in [-0.15, -0.1) is 0 Å². The number of aromatic nitrogens is 1. The number of carbonyl (C=O) groups excluding carboxylic acids is 1. The number of H-pyrrole nitrogens is 1. The van der Waals surface area contributed by atoms with Gasteiger partial charge < -0.3 is 15.4 Å². The van der Waals surface area contributed by atoms with Crippen molar-refractivity contribution < 1.29 is 36.6 Å². The first-order valence-electron chi connectivity index (χ1n) is 12.4. The van der Waals surface area contributed by atoms with Crippen LogP contribution >= 0.6 is 11.8 Å². The highest BCUT2D eigenvalue weighted by atomic mass is 32.2. The molecule has 3 aromatic carbocycles. The van der Waals surface area contributed by atoms with E-state index in [1.54, 1.807) is 18.3 Å². The van der Waals surface area contributed by atoms with Crippen molar-refractivity contribution in [2.24, 2.45) is 10.8 Å². The molecule has 0 aliphatic heterocycles. The van der Waals surface area contributed by atoms with Gasteiger partial charge in [-0.05, 0) is 72.7 Å². The van der Waals surface area contributed by atoms with Gasteiger partial charge in [0.1, 0.15) is 0 Å². The molecule has 0 spiro atoms. The smallest absolute Gasteiger partial charge is 0.416 e. The lowest BCUT2D eigenvalue weighted by Gasteiger charge is -2.68. The largest absolute Gasteiger partial charge is 0.481 e. The van der Waals surface area contributed by atoms with Crippen molar-refractivity contribution in [3.8, 4) is 11.1 Å². The minimum absolute atomic E-state index is 0.227. The Kier molecular flexibility index (Phi) is 5.99. The van der Waals surface area contributed by atoms with Crippen LogP contribution in [0.4, 0.5) is 22.0 Å². The van der Waals surface area contributed by atoms with E-state index in [-0.39, 0.29) is 11.0 Å². The third-order valence-electron chi connectivity index (χ3n) is 7.90. The van der Waals surface area contributed by atoms with Crippen molar-refractivity contribution in [3.63, 3.8) is 0 Å². The number of aromatic amines is 1. The zero-order valence-corrected chi connectivity index (χ0v) is 21.5. The summed E-state index contributed by atoms with van der Waals surface area (Å²) in [7, 11) is 0. The molecule has 3 saturated carbocycles. The summed E-state index contributed by atoms with van der Waals surface area (Å²) in [6.45, 7) is 0.319. The highest BCUT2D eigenvalue weighted by Gasteiger charge is 2.71. The van der Waals surface area contributed by atoms with Crippen LogP contribution in [0, 0.1) is 22.5 Å². The number of hydrogen-bond donors (Lipinski definition) is 3. The van der Waals surface area contributed by atoms with Gasteiger partial charge >= 0.3 is 12.1 Å². The van der Waals surface area contributed by atoms with E-state index in [2.05, 4.69) is 10.3 Å². The number of fused-ring (bicyclic) bond motifs is 1. The molecule has 7 rings (SSSR count). The van der Waals surface area contributed by atoms with Crippen LogP contribution in [-0.4, -0.2) is 28.5 Å². The van der Waals surface area contributed by atoms with Crippen LogP contribution in [0.2, 0.25) is 0 Å². The van der Waals surface area contributed by atoms with Crippen LogP contribution in [0.1, 0.15) is 35.2 Å². The fourth-order valence-corrected chi connectivity index (χ4v) is 6.96. The number of aliphatic carboxylic acids is 1. The molecule has 206 valence electrons. The molecule has 2 bridgehead atoms. The van der Waals surface area contributed by atoms with Crippen molar-refractivity contribution in [1.82, 2.24) is 10.3 Å². The van der Waals surface area contributed by atoms with Gasteiger partial charge in [-0.2, -0.15) is 13.2 Å². The van der Waals surface area contributed by atoms with E-state index in [1.807, 2.05) is 0 Å². The third kappa shape index (κ3) is 4.32. The Bertz CT molecular complexity index is 1660. The summed E-state index contributed by atoms with van der Waals surface area (Å²) in [5.74, 6) is -3.24. The van der Waals surface area contributed by atoms with Crippen molar-refractivity contribution >= 4 is 34.5 Å². The van der Waals surface area contributed by atoms with Crippen LogP contribution in [0.3, 0.4) is 0 Å². The monoisotopic (exact) mass is 572 g/mol. The van der Waals surface area contributed by atoms with Crippen LogP contribution in [-0.2, 0) is 11.0 Å². The fraction of sp³-hybridized carbons (Fsp3) is 0.241. The lowest BCUT2D eigenvalue weighted by molar-refractivity contribution is -0.219. The molecule has 0 saturated heterocycles. The Morgan fingerprint density at radius 3 is 2.30 bits per heavy atom. The SMILES string of the molecule is O=C(NCC12CC(C(=O)O)(C1)C2)c1ccc(-c2ccc(F)c(F)c2)c2[nH]cc(Sc3ccc(C(F)(F)F)cc3)c12. The minimum atomic E-state index is -4.47. The number of hydrogen-bond acceptors (Lipinski definition) is 3. The van der Waals surface area contributed by atoms with Crippen LogP contribution in [0.25, 0.3) is 22.0 Å². The van der Waals surface area contributed by atoms with Crippen LogP contribution < -0.4 is 5.32 Å². The summed E-state index contributed by atoms with van der Waals surface area (Å²) in [5, 5.41) is 12.8. The van der Waals surface area contributed by atoms with Crippen LogP contribution in [0.5, 0.6) is 0 Å². The Hall–Kier alpha value is -3.86. The summed E-state index contributed by atoms with van der Waals surface area (Å²) in [4.78, 5) is 29.0. The molecule has 1 aromatic heterocycles. The van der Waals surface area contributed by atoms with Crippen molar-refractivity contribution in [2.75, 3.05) is 6.54 Å². The maximum atomic E-state index is 14.0. The van der Waals surface area contributed by atoms with Gasteiger partial charge in [-0.25, -0.2) is 8.78 Å². The Morgan fingerprint density at radius 1 is 0.975 bits per heavy atom. The molecule has 3 N–H and O–H groups in total. The van der Waals surface area contributed by atoms with E-state index < -0.39 is 40.7 Å². The Morgan fingerprint density at radius 2 is 1.68 bits per heavy atom. The molecule has 1 heterocycles. The molecule has 0 atom stereocenters. The molecule has 0 unspecified atom stereocenters. The van der Waals surface area contributed by atoms with Gasteiger partial charge in [0.2, 0.25) is 0 Å². The maximum absolute atomic E-state index is 14.0. The summed E-state index contributed by atoms with van der Waals surface area (Å²) >= 11 is 1.16. The number of halogens is 5. The van der Waals surface area contributed by atoms with Gasteiger partial charge in [-0.1, -0.05) is 23.9 Å². The quantitative estimate of drug-likeness (QED) is 0.204. The molecular weight excluding hydrogens is 551 g/mol. The van der Waals surface area contributed by atoms with Gasteiger partial charge in [0.25, 0.3) is 5.91 Å². The van der Waals surface area contributed by atoms with Crippen molar-refractivity contribution in [1.29, 1.82) is 0 Å². The predicted octanol–water partition coefficient (Wildman–Crippen LogP) is 7.27. The second-order valence-corrected chi connectivity index (χ2v) is 11.7. The lowest BCUT2D eigenvalue weighted by atomic mass is 9.35. The topological polar surface area (TPSA) is 82.2 Å². The maximum Gasteiger partial charge on any atom is 0.416 e. The molecule has 40 heavy (non-hydrogen) atoms. The highest BCUT2D eigenvalue weighted by Crippen LogP contribution is 2.73. The van der Waals surface area contributed by atoms with E-state index in [4.69, 9.17) is 0 Å². The highest BCUT2D eigenvalue weighted by molar-refractivity contribution is 7.99. The van der Waals surface area contributed by atoms with E-state index in [9.17, 15) is 36.6 Å². The number of alkyl halides is 3. The number of nitrogens with one attached hydrogen (secondary N) is 2. The van der Waals surface area contributed by atoms with E-state index in [1.165, 1.54) is 18.2 Å². The standard InChI is InChI=1S/C29H21F5N2O3S/c30-20-8-1-15(9-21(20)31)18-6-7-19(25(37)36-14-27-11-28(12-27,13-27)26(38)39)23-22(10-35-24(18)23)40-17-4-2-16(3-5-17)29(32,33)34/h1-10,35H,11-14H2,(H,36,37)(H,38,39). The third-order valence-corrected chi connectivity index (χ3v) is 8.95. The summed E-state index contributed by atoms with van der Waals surface area (Å²) in [6, 6.07) is 11.3. The summed E-state index contributed by atoms with van der Waals surface area (Å²) in [6.07, 6.45) is -1.32. The molecule has 4 aromatic rings. The number of carboxylic acids is 1. The van der Waals surface area contributed by atoms with Crippen molar-refractivity contribution in [2.45, 2.75) is 35.2 Å². The summed E-state index contributed by atoms with van der Waals surface area (Å²) in [5.41, 5.74) is -0.0379. The number of rotatable bonds is 7. The minimum Gasteiger partial charge on any atom is -0.481 e. The van der Waals surface area contributed by atoms with E-state index in [0.717, 1.165) is 36.0 Å². The number of carbonyl (C=O) groups is 2. The molecular formula is C29H21F5N2O3S. The van der Waals surface area contributed by atoms with E-state index in [0.29, 0.717) is 57.6 Å². The average molecular weight is 573 g/mol. The van der Waals surface area contributed by atoms with Gasteiger partial charge in [-0.3, -0.25) is 9.59 Å². The van der Waals surface area contributed by atoms with Gasteiger partial charge in [0.05, 0.1) is 16.5 Å². The molecule has 0 radical (unpaired) electrons. The second kappa shape index (κ2) is 9.09. The molecule has 5 nitrogen and oxygen atoms in total. The second-order valence-electron chi connectivity index (χ2n) is 10.6.